The molecule has 6 heteroatoms. The van der Waals surface area contributed by atoms with Gasteiger partial charge in [0.05, 0.1) is 6.61 Å². The summed E-state index contributed by atoms with van der Waals surface area (Å²) in [5.74, 6) is -0.833. The SMILES string of the molecule is CCOC(=O)C[C@H]([C@H]1CCCC(=O)C1)[N+](=O)[O-]. The van der Waals surface area contributed by atoms with Gasteiger partial charge in [-0.2, -0.15) is 0 Å². The van der Waals surface area contributed by atoms with Gasteiger partial charge in [-0.1, -0.05) is 0 Å². The van der Waals surface area contributed by atoms with Gasteiger partial charge in [0.25, 0.3) is 0 Å². The first-order valence-electron chi connectivity index (χ1n) is 5.85. The van der Waals surface area contributed by atoms with E-state index in [1.54, 1.807) is 6.92 Å². The first kappa shape index (κ1) is 13.6. The molecule has 0 aromatic rings. The van der Waals surface area contributed by atoms with Crippen LogP contribution in [0.1, 0.15) is 39.0 Å². The number of hydrogen-bond acceptors (Lipinski definition) is 5. The van der Waals surface area contributed by atoms with Gasteiger partial charge in [0.1, 0.15) is 12.2 Å². The van der Waals surface area contributed by atoms with Crippen LogP contribution in [0.25, 0.3) is 0 Å². The smallest absolute Gasteiger partial charge is 0.312 e. The summed E-state index contributed by atoms with van der Waals surface area (Å²) < 4.78 is 4.71. The van der Waals surface area contributed by atoms with Crippen molar-refractivity contribution in [3.05, 3.63) is 10.1 Å². The van der Waals surface area contributed by atoms with Crippen molar-refractivity contribution in [2.45, 2.75) is 45.1 Å². The van der Waals surface area contributed by atoms with Crippen LogP contribution in [-0.4, -0.2) is 29.3 Å². The van der Waals surface area contributed by atoms with Crippen LogP contribution in [-0.2, 0) is 14.3 Å². The minimum Gasteiger partial charge on any atom is -0.466 e. The lowest BCUT2D eigenvalue weighted by atomic mass is 9.82. The summed E-state index contributed by atoms with van der Waals surface area (Å²) in [6.07, 6.45) is 1.79. The predicted octanol–water partition coefficient (Wildman–Crippen LogP) is 1.34. The van der Waals surface area contributed by atoms with E-state index >= 15 is 0 Å². The number of nitro groups is 1. The van der Waals surface area contributed by atoms with Gasteiger partial charge in [-0.3, -0.25) is 19.7 Å². The molecule has 0 spiro atoms. The minimum absolute atomic E-state index is 0.0527. The van der Waals surface area contributed by atoms with Crippen molar-refractivity contribution >= 4 is 11.8 Å². The molecule has 1 fully saturated rings. The highest BCUT2D eigenvalue weighted by Crippen LogP contribution is 2.27. The number of rotatable bonds is 5. The van der Waals surface area contributed by atoms with Crippen LogP contribution in [0, 0.1) is 16.0 Å². The molecule has 0 heterocycles. The van der Waals surface area contributed by atoms with Crippen molar-refractivity contribution < 1.29 is 19.2 Å². The average Bonchev–Trinajstić information content (AvgIpc) is 2.26. The van der Waals surface area contributed by atoms with Crippen molar-refractivity contribution in [2.75, 3.05) is 6.61 Å². The molecular weight excluding hydrogens is 226 g/mol. The monoisotopic (exact) mass is 243 g/mol. The van der Waals surface area contributed by atoms with E-state index in [4.69, 9.17) is 4.74 Å². The minimum atomic E-state index is -0.988. The van der Waals surface area contributed by atoms with E-state index in [9.17, 15) is 19.7 Å². The zero-order valence-corrected chi connectivity index (χ0v) is 9.89. The Kier molecular flexibility index (Phi) is 5.06. The molecule has 6 nitrogen and oxygen atoms in total. The normalized spacial score (nSPS) is 21.9. The fourth-order valence-corrected chi connectivity index (χ4v) is 2.19. The number of carbonyl (C=O) groups is 2. The van der Waals surface area contributed by atoms with Crippen molar-refractivity contribution in [3.8, 4) is 0 Å². The largest absolute Gasteiger partial charge is 0.466 e. The third-order valence-corrected chi connectivity index (χ3v) is 3.02. The van der Waals surface area contributed by atoms with E-state index in [2.05, 4.69) is 0 Å². The standard InChI is InChI=1S/C11H17NO5/c1-2-17-11(14)7-10(12(15)16)8-4-3-5-9(13)6-8/h8,10H,2-7H2,1H3/t8-,10+/m0/s1. The predicted molar refractivity (Wildman–Crippen MR) is 59.0 cm³/mol. The molecule has 0 saturated heterocycles. The molecule has 0 aromatic heterocycles. The van der Waals surface area contributed by atoms with Crippen LogP contribution in [0.5, 0.6) is 0 Å². The number of ketones is 1. The summed E-state index contributed by atoms with van der Waals surface area (Å²) in [5, 5.41) is 10.9. The maximum Gasteiger partial charge on any atom is 0.312 e. The average molecular weight is 243 g/mol. The van der Waals surface area contributed by atoms with Gasteiger partial charge in [-0.25, -0.2) is 0 Å². The Hall–Kier alpha value is -1.46. The van der Waals surface area contributed by atoms with Crippen LogP contribution >= 0.6 is 0 Å². The van der Waals surface area contributed by atoms with Crippen molar-refractivity contribution in [2.24, 2.45) is 5.92 Å². The molecule has 0 aromatic carbocycles. The Morgan fingerprint density at radius 2 is 2.35 bits per heavy atom. The summed E-state index contributed by atoms with van der Waals surface area (Å²) in [5.41, 5.74) is 0. The van der Waals surface area contributed by atoms with Gasteiger partial charge in [0, 0.05) is 23.7 Å². The van der Waals surface area contributed by atoms with E-state index in [1.165, 1.54) is 0 Å². The summed E-state index contributed by atoms with van der Waals surface area (Å²) in [6.45, 7) is 1.87. The molecule has 17 heavy (non-hydrogen) atoms. The maximum atomic E-state index is 11.3. The lowest BCUT2D eigenvalue weighted by Crippen LogP contribution is -2.35. The Morgan fingerprint density at radius 3 is 2.88 bits per heavy atom. The van der Waals surface area contributed by atoms with Gasteiger partial charge < -0.3 is 4.74 Å². The van der Waals surface area contributed by atoms with Gasteiger partial charge in [-0.05, 0) is 19.8 Å². The van der Waals surface area contributed by atoms with Gasteiger partial charge in [0.2, 0.25) is 6.04 Å². The molecule has 1 aliphatic carbocycles. The molecule has 96 valence electrons. The zero-order chi connectivity index (χ0) is 12.8. The molecule has 0 aliphatic heterocycles. The van der Waals surface area contributed by atoms with Crippen molar-refractivity contribution in [3.63, 3.8) is 0 Å². The van der Waals surface area contributed by atoms with E-state index in [1.807, 2.05) is 0 Å². The summed E-state index contributed by atoms with van der Waals surface area (Å²) >= 11 is 0. The highest BCUT2D eigenvalue weighted by molar-refractivity contribution is 5.79. The second-order valence-corrected chi connectivity index (χ2v) is 4.26. The van der Waals surface area contributed by atoms with E-state index in [0.29, 0.717) is 19.3 Å². The van der Waals surface area contributed by atoms with Crippen LogP contribution in [0.3, 0.4) is 0 Å². The lowest BCUT2D eigenvalue weighted by Gasteiger charge is -2.23. The van der Waals surface area contributed by atoms with Crippen molar-refractivity contribution in [1.82, 2.24) is 0 Å². The maximum absolute atomic E-state index is 11.3. The molecule has 0 unspecified atom stereocenters. The first-order chi connectivity index (χ1) is 8.04. The topological polar surface area (TPSA) is 86.5 Å². The van der Waals surface area contributed by atoms with Crippen LogP contribution in [0.4, 0.5) is 0 Å². The molecule has 1 rings (SSSR count). The van der Waals surface area contributed by atoms with Crippen LogP contribution in [0.2, 0.25) is 0 Å². The van der Waals surface area contributed by atoms with Crippen LogP contribution < -0.4 is 0 Å². The van der Waals surface area contributed by atoms with Gasteiger partial charge in [-0.15, -0.1) is 0 Å². The van der Waals surface area contributed by atoms with Gasteiger partial charge >= 0.3 is 5.97 Å². The number of ether oxygens (including phenoxy) is 1. The molecular formula is C11H17NO5. The molecule has 0 radical (unpaired) electrons. The fraction of sp³-hybridized carbons (Fsp3) is 0.818. The molecule has 0 bridgehead atoms. The molecule has 0 N–H and O–H groups in total. The highest BCUT2D eigenvalue weighted by atomic mass is 16.6. The molecule has 1 aliphatic rings. The zero-order valence-electron chi connectivity index (χ0n) is 9.89. The molecule has 2 atom stereocenters. The Labute approximate surface area is 99.5 Å². The van der Waals surface area contributed by atoms with E-state index in [0.717, 1.165) is 0 Å². The lowest BCUT2D eigenvalue weighted by molar-refractivity contribution is -0.531. The number of hydrogen-bond donors (Lipinski definition) is 0. The first-order valence-corrected chi connectivity index (χ1v) is 5.85. The third-order valence-electron chi connectivity index (χ3n) is 3.02. The Balaban J connectivity index is 2.61. The number of Topliss-reactive ketones (excluding diaryl/α,β-unsaturated/α-hetero) is 1. The quantitative estimate of drug-likeness (QED) is 0.413. The third kappa shape index (κ3) is 4.13. The number of carbonyl (C=O) groups excluding carboxylic acids is 2. The summed E-state index contributed by atoms with van der Waals surface area (Å²) in [6, 6.07) is -0.988. The molecule has 0 amide bonds. The second kappa shape index (κ2) is 6.32. The second-order valence-electron chi connectivity index (χ2n) is 4.26. The van der Waals surface area contributed by atoms with E-state index < -0.39 is 16.9 Å². The van der Waals surface area contributed by atoms with Crippen molar-refractivity contribution in [1.29, 1.82) is 0 Å². The highest BCUT2D eigenvalue weighted by Gasteiger charge is 2.37. The number of nitrogens with zero attached hydrogens (tertiary/aromatic N) is 1. The fourth-order valence-electron chi connectivity index (χ4n) is 2.19. The number of esters is 1. The van der Waals surface area contributed by atoms with Gasteiger partial charge in [0.15, 0.2) is 0 Å². The Bertz CT molecular complexity index is 315. The summed E-state index contributed by atoms with van der Waals surface area (Å²) in [4.78, 5) is 33.0. The summed E-state index contributed by atoms with van der Waals surface area (Å²) in [7, 11) is 0. The van der Waals surface area contributed by atoms with E-state index in [-0.39, 0.29) is 31.1 Å². The Morgan fingerprint density at radius 1 is 1.65 bits per heavy atom. The molecule has 1 saturated carbocycles. The van der Waals surface area contributed by atoms with Crippen LogP contribution in [0.15, 0.2) is 0 Å².